The average molecular weight is 541 g/mol. The van der Waals surface area contributed by atoms with Crippen LogP contribution in [0.15, 0.2) is 0 Å². The van der Waals surface area contributed by atoms with Gasteiger partial charge in [0.25, 0.3) is 0 Å². The number of rotatable bonds is 18. The first-order valence-electron chi connectivity index (χ1n) is 16.4. The maximum absolute atomic E-state index is 5.72. The Bertz CT molecular complexity index is 487. The second kappa shape index (κ2) is 20.7. The molecule has 0 amide bonds. The van der Waals surface area contributed by atoms with Gasteiger partial charge in [0.15, 0.2) is 0 Å². The maximum atomic E-state index is 5.72. The van der Waals surface area contributed by atoms with Gasteiger partial charge in [0.2, 0.25) is 0 Å². The van der Waals surface area contributed by atoms with Crippen LogP contribution in [-0.4, -0.2) is 53.9 Å². The van der Waals surface area contributed by atoms with E-state index in [0.717, 1.165) is 51.5 Å². The van der Waals surface area contributed by atoms with E-state index in [1.54, 1.807) is 0 Å². The molecule has 0 aliphatic heterocycles. The lowest BCUT2D eigenvalue weighted by atomic mass is 9.69. The highest BCUT2D eigenvalue weighted by atomic mass is 16.5. The highest BCUT2D eigenvalue weighted by molar-refractivity contribution is 4.87. The van der Waals surface area contributed by atoms with E-state index in [0.29, 0.717) is 11.8 Å². The van der Waals surface area contributed by atoms with Crippen molar-refractivity contribution >= 4 is 0 Å². The first kappa shape index (κ1) is 35.9. The molecule has 0 atom stereocenters. The summed E-state index contributed by atoms with van der Waals surface area (Å²) < 4.78 is 22.8. The highest BCUT2D eigenvalue weighted by Crippen LogP contribution is 2.42. The summed E-state index contributed by atoms with van der Waals surface area (Å²) in [5.41, 5.74) is 0.474. The largest absolute Gasteiger partial charge is 0.384 e. The van der Waals surface area contributed by atoms with Crippen LogP contribution >= 0.6 is 0 Å². The molecule has 2 rings (SSSR count). The van der Waals surface area contributed by atoms with Crippen LogP contribution in [0.4, 0.5) is 0 Å². The quantitative estimate of drug-likeness (QED) is 0.173. The van der Waals surface area contributed by atoms with E-state index in [2.05, 4.69) is 41.5 Å². The van der Waals surface area contributed by atoms with Crippen molar-refractivity contribution in [1.82, 2.24) is 0 Å². The Morgan fingerprint density at radius 2 is 0.921 bits per heavy atom. The summed E-state index contributed by atoms with van der Waals surface area (Å²) in [6.45, 7) is 18.3. The Labute approximate surface area is 238 Å². The zero-order chi connectivity index (χ0) is 28.3. The Morgan fingerprint density at radius 1 is 0.553 bits per heavy atom. The van der Waals surface area contributed by atoms with Gasteiger partial charge in [-0.25, -0.2) is 0 Å². The van der Waals surface area contributed by atoms with Crippen molar-refractivity contribution in [3.63, 3.8) is 0 Å². The van der Waals surface area contributed by atoms with Crippen molar-refractivity contribution < 1.29 is 18.9 Å². The predicted octanol–water partition coefficient (Wildman–Crippen LogP) is 9.34. The Balaban J connectivity index is 0.000000391. The second-order valence-electron chi connectivity index (χ2n) is 13.8. The van der Waals surface area contributed by atoms with Gasteiger partial charge < -0.3 is 18.9 Å². The third kappa shape index (κ3) is 15.0. The predicted molar refractivity (Wildman–Crippen MR) is 163 cm³/mol. The minimum atomic E-state index is 0.203. The molecule has 0 aromatic rings. The molecule has 0 heterocycles. The Kier molecular flexibility index (Phi) is 19.5. The molecule has 0 unspecified atom stereocenters. The fraction of sp³-hybridized carbons (Fsp3) is 1.00. The van der Waals surface area contributed by atoms with E-state index in [1.165, 1.54) is 89.9 Å². The molecule has 0 aromatic heterocycles. The summed E-state index contributed by atoms with van der Waals surface area (Å²) in [5.74, 6) is 3.20. The monoisotopic (exact) mass is 541 g/mol. The summed E-state index contributed by atoms with van der Waals surface area (Å²) in [4.78, 5) is 0. The van der Waals surface area contributed by atoms with Gasteiger partial charge in [0, 0.05) is 38.3 Å². The van der Waals surface area contributed by atoms with Gasteiger partial charge in [-0.2, -0.15) is 0 Å². The number of methoxy groups -OCH3 is 2. The molecule has 0 radical (unpaired) electrons. The molecule has 2 saturated carbocycles. The van der Waals surface area contributed by atoms with E-state index in [-0.39, 0.29) is 10.8 Å². The van der Waals surface area contributed by atoms with E-state index in [9.17, 15) is 0 Å². The highest BCUT2D eigenvalue weighted by Gasteiger charge is 2.36. The first-order chi connectivity index (χ1) is 18.2. The summed E-state index contributed by atoms with van der Waals surface area (Å²) in [7, 11) is 3.73. The van der Waals surface area contributed by atoms with Gasteiger partial charge >= 0.3 is 0 Å². The summed E-state index contributed by atoms with van der Waals surface area (Å²) >= 11 is 0. The molecule has 0 bridgehead atoms. The van der Waals surface area contributed by atoms with Crippen LogP contribution in [0.5, 0.6) is 0 Å². The van der Waals surface area contributed by atoms with Crippen molar-refractivity contribution in [2.24, 2.45) is 34.5 Å². The van der Waals surface area contributed by atoms with Crippen LogP contribution in [0.2, 0.25) is 0 Å². The summed E-state index contributed by atoms with van der Waals surface area (Å²) in [6.07, 6.45) is 19.4. The topological polar surface area (TPSA) is 36.9 Å². The first-order valence-corrected chi connectivity index (χ1v) is 16.4. The molecule has 4 heteroatoms. The van der Waals surface area contributed by atoms with E-state index >= 15 is 0 Å². The average Bonchev–Trinajstić information content (AvgIpc) is 2.87. The third-order valence-corrected chi connectivity index (χ3v) is 8.70. The van der Waals surface area contributed by atoms with Gasteiger partial charge in [0.05, 0.1) is 26.4 Å². The molecule has 2 fully saturated rings. The fourth-order valence-electron chi connectivity index (χ4n) is 7.71. The van der Waals surface area contributed by atoms with Gasteiger partial charge in [-0.1, -0.05) is 91.9 Å². The van der Waals surface area contributed by atoms with Crippen molar-refractivity contribution in [3.8, 4) is 0 Å². The van der Waals surface area contributed by atoms with Crippen LogP contribution in [0.25, 0.3) is 0 Å². The minimum Gasteiger partial charge on any atom is -0.384 e. The molecule has 0 spiro atoms. The van der Waals surface area contributed by atoms with Crippen molar-refractivity contribution in [2.75, 3.05) is 53.9 Å². The SMILES string of the molecule is CCOCC(COCC)(CC(C)C)CC(C)C.COCC(COC)(CC1CCCCC1)CC1CCCCC1. The van der Waals surface area contributed by atoms with E-state index in [4.69, 9.17) is 18.9 Å². The molecular weight excluding hydrogens is 472 g/mol. The number of ether oxygens (including phenoxy) is 4. The standard InChI is InChI=1S/C19H36O2.C15H32O2/c1-20-15-19(16-21-2,13-17-9-5-3-6-10-17)14-18-11-7-4-8-12-18;1-7-16-11-15(9-13(3)4,10-14(5)6)12-17-8-2/h17-18H,3-16H2,1-2H3;13-14H,7-12H2,1-6H3. The molecule has 0 saturated heterocycles. The molecule has 228 valence electrons. The molecule has 0 N–H and O–H groups in total. The zero-order valence-corrected chi connectivity index (χ0v) is 27.1. The third-order valence-electron chi connectivity index (χ3n) is 8.70. The van der Waals surface area contributed by atoms with E-state index < -0.39 is 0 Å². The normalized spacial score (nSPS) is 18.2. The van der Waals surface area contributed by atoms with Crippen LogP contribution in [-0.2, 0) is 18.9 Å². The molecular formula is C34H68O4. The van der Waals surface area contributed by atoms with Crippen LogP contribution in [0.1, 0.15) is 131 Å². The molecule has 4 nitrogen and oxygen atoms in total. The minimum absolute atomic E-state index is 0.203. The smallest absolute Gasteiger partial charge is 0.0544 e. The van der Waals surface area contributed by atoms with Crippen LogP contribution in [0, 0.1) is 34.5 Å². The summed E-state index contributed by atoms with van der Waals surface area (Å²) in [6, 6.07) is 0. The van der Waals surface area contributed by atoms with Crippen LogP contribution in [0.3, 0.4) is 0 Å². The molecule has 38 heavy (non-hydrogen) atoms. The number of hydrogen-bond acceptors (Lipinski definition) is 4. The zero-order valence-electron chi connectivity index (χ0n) is 27.1. The molecule has 2 aliphatic rings. The van der Waals surface area contributed by atoms with E-state index in [1.807, 2.05) is 14.2 Å². The van der Waals surface area contributed by atoms with Gasteiger partial charge in [-0.15, -0.1) is 0 Å². The maximum Gasteiger partial charge on any atom is 0.0544 e. The lowest BCUT2D eigenvalue weighted by Gasteiger charge is -2.40. The fourth-order valence-corrected chi connectivity index (χ4v) is 7.71. The van der Waals surface area contributed by atoms with Gasteiger partial charge in [-0.3, -0.25) is 0 Å². The second-order valence-corrected chi connectivity index (χ2v) is 13.8. The van der Waals surface area contributed by atoms with Crippen molar-refractivity contribution in [3.05, 3.63) is 0 Å². The lowest BCUT2D eigenvalue weighted by molar-refractivity contribution is -0.0391. The van der Waals surface area contributed by atoms with Crippen molar-refractivity contribution in [1.29, 1.82) is 0 Å². The Morgan fingerprint density at radius 3 is 1.21 bits per heavy atom. The van der Waals surface area contributed by atoms with Crippen molar-refractivity contribution in [2.45, 2.75) is 131 Å². The number of hydrogen-bond donors (Lipinski definition) is 0. The van der Waals surface area contributed by atoms with Gasteiger partial charge in [0.1, 0.15) is 0 Å². The lowest BCUT2D eigenvalue weighted by Crippen LogP contribution is -2.37. The summed E-state index contributed by atoms with van der Waals surface area (Å²) in [5, 5.41) is 0. The van der Waals surface area contributed by atoms with Crippen LogP contribution < -0.4 is 0 Å². The van der Waals surface area contributed by atoms with Gasteiger partial charge in [-0.05, 0) is 63.2 Å². The molecule has 0 aromatic carbocycles. The Hall–Kier alpha value is -0.160. The molecule has 2 aliphatic carbocycles.